The van der Waals surface area contributed by atoms with E-state index in [4.69, 9.17) is 20.0 Å². The number of ether oxygens (including phenoxy) is 2. The Morgan fingerprint density at radius 1 is 1.18 bits per heavy atom. The van der Waals surface area contributed by atoms with Crippen LogP contribution in [0.4, 0.5) is 5.69 Å². The van der Waals surface area contributed by atoms with Crippen LogP contribution < -0.4 is 20.7 Å². The highest BCUT2D eigenvalue weighted by Crippen LogP contribution is 2.38. The second-order valence-corrected chi connectivity index (χ2v) is 9.04. The number of hydrogen-bond donors (Lipinski definition) is 2. The molecule has 2 aromatic rings. The number of carbonyl (C=O) groups is 3. The molecule has 9 heteroatoms. The average Bonchev–Trinajstić information content (AvgIpc) is 3.12. The number of nitrogens with zero attached hydrogens (tertiary/aromatic N) is 1. The molecular formula is C25H31N3O6. The number of hydroxylamine groups is 1. The van der Waals surface area contributed by atoms with Gasteiger partial charge >= 0.3 is 5.97 Å². The minimum Gasteiger partial charge on any atom is -0.493 e. The fourth-order valence-electron chi connectivity index (χ4n) is 3.71. The molecule has 0 radical (unpaired) electrons. The molecule has 34 heavy (non-hydrogen) atoms. The number of hydrogen-bond acceptors (Lipinski definition) is 7. The van der Waals surface area contributed by atoms with Crippen molar-refractivity contribution in [2.45, 2.75) is 46.7 Å². The number of benzene rings is 2. The highest BCUT2D eigenvalue weighted by molar-refractivity contribution is 6.03. The largest absolute Gasteiger partial charge is 0.493 e. The maximum Gasteiger partial charge on any atom is 0.337 e. The van der Waals surface area contributed by atoms with E-state index in [0.717, 1.165) is 5.56 Å². The molecule has 0 aromatic heterocycles. The Hall–Kier alpha value is -3.75. The van der Waals surface area contributed by atoms with Gasteiger partial charge in [0.2, 0.25) is 0 Å². The van der Waals surface area contributed by atoms with Gasteiger partial charge in [0.25, 0.3) is 11.8 Å². The van der Waals surface area contributed by atoms with E-state index in [1.807, 2.05) is 13.0 Å². The van der Waals surface area contributed by atoms with E-state index in [2.05, 4.69) is 5.48 Å². The summed E-state index contributed by atoms with van der Waals surface area (Å²) in [6.45, 7) is 7.60. The Morgan fingerprint density at radius 3 is 2.53 bits per heavy atom. The standard InChI is InChI=1S/C25H31N3O6/c1-6-33-20-12-15(10-11-19(20)32-5)18(13-21(29)27-34-24(31)25(2,3)4)28-14-16-8-7-9-17(26)22(16)23(28)30/h7-12,18H,6,13-14,26H2,1-5H3,(H,27,29). The van der Waals surface area contributed by atoms with Crippen molar-refractivity contribution in [1.82, 2.24) is 10.4 Å². The Balaban J connectivity index is 1.92. The van der Waals surface area contributed by atoms with Gasteiger partial charge < -0.3 is 24.9 Å². The first kappa shape index (κ1) is 24.9. The molecule has 1 atom stereocenters. The molecule has 1 aliphatic rings. The number of anilines is 1. The molecule has 1 unspecified atom stereocenters. The van der Waals surface area contributed by atoms with Gasteiger partial charge in [-0.2, -0.15) is 5.48 Å². The van der Waals surface area contributed by atoms with E-state index in [-0.39, 0.29) is 18.9 Å². The van der Waals surface area contributed by atoms with Crippen LogP contribution in [0.15, 0.2) is 36.4 Å². The van der Waals surface area contributed by atoms with Crippen molar-refractivity contribution in [2.75, 3.05) is 19.5 Å². The SMILES string of the molecule is CCOc1cc(C(CC(=O)NOC(=O)C(C)(C)C)N2Cc3cccc(N)c3C2=O)ccc1OC. The first-order valence-corrected chi connectivity index (χ1v) is 11.1. The zero-order valence-electron chi connectivity index (χ0n) is 20.1. The number of amides is 2. The van der Waals surface area contributed by atoms with Crippen LogP contribution in [0.2, 0.25) is 0 Å². The van der Waals surface area contributed by atoms with E-state index in [1.165, 1.54) is 7.11 Å². The summed E-state index contributed by atoms with van der Waals surface area (Å²) in [5.74, 6) is -0.360. The van der Waals surface area contributed by atoms with E-state index in [0.29, 0.717) is 34.9 Å². The number of fused-ring (bicyclic) bond motifs is 1. The van der Waals surface area contributed by atoms with Crippen LogP contribution in [-0.4, -0.2) is 36.4 Å². The second kappa shape index (κ2) is 10.0. The monoisotopic (exact) mass is 469 g/mol. The molecule has 0 bridgehead atoms. The van der Waals surface area contributed by atoms with Crippen LogP contribution in [0, 0.1) is 5.41 Å². The number of carbonyl (C=O) groups excluding carboxylic acids is 3. The van der Waals surface area contributed by atoms with Gasteiger partial charge in [-0.25, -0.2) is 4.79 Å². The minimum absolute atomic E-state index is 0.144. The predicted octanol–water partition coefficient (Wildman–Crippen LogP) is 3.38. The fourth-order valence-corrected chi connectivity index (χ4v) is 3.71. The summed E-state index contributed by atoms with van der Waals surface area (Å²) in [7, 11) is 1.54. The van der Waals surface area contributed by atoms with Crippen LogP contribution in [0.25, 0.3) is 0 Å². The number of rotatable bonds is 7. The smallest absolute Gasteiger partial charge is 0.337 e. The summed E-state index contributed by atoms with van der Waals surface area (Å²) >= 11 is 0. The quantitative estimate of drug-likeness (QED) is 0.471. The zero-order valence-corrected chi connectivity index (χ0v) is 20.1. The maximum absolute atomic E-state index is 13.3. The van der Waals surface area contributed by atoms with Crippen molar-refractivity contribution >= 4 is 23.5 Å². The second-order valence-electron chi connectivity index (χ2n) is 9.04. The number of nitrogen functional groups attached to an aromatic ring is 1. The maximum atomic E-state index is 13.3. The zero-order chi connectivity index (χ0) is 25.0. The number of nitrogens with two attached hydrogens (primary N) is 1. The molecule has 9 nitrogen and oxygen atoms in total. The summed E-state index contributed by atoms with van der Waals surface area (Å²) in [5, 5.41) is 0. The number of methoxy groups -OCH3 is 1. The summed E-state index contributed by atoms with van der Waals surface area (Å²) in [4.78, 5) is 44.7. The third-order valence-electron chi connectivity index (χ3n) is 5.50. The van der Waals surface area contributed by atoms with Gasteiger partial charge in [0.05, 0.1) is 37.2 Å². The third kappa shape index (κ3) is 5.24. The third-order valence-corrected chi connectivity index (χ3v) is 5.50. The molecule has 1 heterocycles. The first-order valence-electron chi connectivity index (χ1n) is 11.1. The van der Waals surface area contributed by atoms with Gasteiger partial charge in [-0.3, -0.25) is 9.59 Å². The molecule has 2 amide bonds. The van der Waals surface area contributed by atoms with Crippen molar-refractivity contribution in [2.24, 2.45) is 5.41 Å². The van der Waals surface area contributed by atoms with Crippen LogP contribution >= 0.6 is 0 Å². The Labute approximate surface area is 199 Å². The van der Waals surface area contributed by atoms with Crippen molar-refractivity contribution in [3.05, 3.63) is 53.1 Å². The molecule has 1 aliphatic heterocycles. The van der Waals surface area contributed by atoms with Gasteiger partial charge in [0.15, 0.2) is 11.5 Å². The molecule has 182 valence electrons. The lowest BCUT2D eigenvalue weighted by molar-refractivity contribution is -0.166. The van der Waals surface area contributed by atoms with E-state index < -0.39 is 23.3 Å². The normalized spacial score (nSPS) is 13.8. The number of nitrogens with one attached hydrogen (secondary N) is 1. The molecule has 0 saturated carbocycles. The van der Waals surface area contributed by atoms with E-state index >= 15 is 0 Å². The topological polar surface area (TPSA) is 120 Å². The summed E-state index contributed by atoms with van der Waals surface area (Å²) in [6, 6.07) is 9.89. The van der Waals surface area contributed by atoms with Crippen molar-refractivity contribution < 1.29 is 28.7 Å². The fraction of sp³-hybridized carbons (Fsp3) is 0.400. The van der Waals surface area contributed by atoms with Crippen LogP contribution in [0.3, 0.4) is 0 Å². The highest BCUT2D eigenvalue weighted by Gasteiger charge is 2.36. The molecular weight excluding hydrogens is 438 g/mol. The molecule has 0 spiro atoms. The van der Waals surface area contributed by atoms with Gasteiger partial charge in [-0.05, 0) is 57.0 Å². The lowest BCUT2D eigenvalue weighted by Gasteiger charge is -2.28. The predicted molar refractivity (Wildman–Crippen MR) is 126 cm³/mol. The molecule has 3 N–H and O–H groups in total. The van der Waals surface area contributed by atoms with Gasteiger partial charge in [0.1, 0.15) is 0 Å². The summed E-state index contributed by atoms with van der Waals surface area (Å²) in [5.41, 5.74) is 9.78. The summed E-state index contributed by atoms with van der Waals surface area (Å²) < 4.78 is 11.1. The molecule has 0 fully saturated rings. The van der Waals surface area contributed by atoms with Crippen molar-refractivity contribution in [1.29, 1.82) is 0 Å². The van der Waals surface area contributed by atoms with Crippen LogP contribution in [-0.2, 0) is 21.0 Å². The lowest BCUT2D eigenvalue weighted by Crippen LogP contribution is -2.37. The first-order chi connectivity index (χ1) is 16.1. The lowest BCUT2D eigenvalue weighted by atomic mass is 9.98. The highest BCUT2D eigenvalue weighted by atomic mass is 16.7. The van der Waals surface area contributed by atoms with Crippen molar-refractivity contribution in [3.63, 3.8) is 0 Å². The Bertz CT molecular complexity index is 1090. The molecule has 3 rings (SSSR count). The Morgan fingerprint density at radius 2 is 1.91 bits per heavy atom. The van der Waals surface area contributed by atoms with Gasteiger partial charge in [-0.1, -0.05) is 18.2 Å². The van der Waals surface area contributed by atoms with E-state index in [1.54, 1.807) is 56.0 Å². The molecule has 0 aliphatic carbocycles. The van der Waals surface area contributed by atoms with Gasteiger partial charge in [0, 0.05) is 12.2 Å². The molecule has 2 aromatic carbocycles. The van der Waals surface area contributed by atoms with Crippen LogP contribution in [0.1, 0.15) is 61.6 Å². The minimum atomic E-state index is -0.779. The van der Waals surface area contributed by atoms with E-state index in [9.17, 15) is 14.4 Å². The van der Waals surface area contributed by atoms with Gasteiger partial charge in [-0.15, -0.1) is 0 Å². The van der Waals surface area contributed by atoms with Crippen molar-refractivity contribution in [3.8, 4) is 11.5 Å². The van der Waals surface area contributed by atoms with Crippen LogP contribution in [0.5, 0.6) is 11.5 Å². The molecule has 0 saturated heterocycles. The summed E-state index contributed by atoms with van der Waals surface area (Å²) in [6.07, 6.45) is -0.144. The average molecular weight is 470 g/mol. The Kier molecular flexibility index (Phi) is 7.34.